The van der Waals surface area contributed by atoms with E-state index in [1.807, 2.05) is 0 Å². The normalized spacial score (nSPS) is 11.5. The first-order chi connectivity index (χ1) is 10.1. The molecule has 2 rings (SSSR count). The summed E-state index contributed by atoms with van der Waals surface area (Å²) < 4.78 is 39.5. The van der Waals surface area contributed by atoms with Crippen molar-refractivity contribution in [2.75, 3.05) is 0 Å². The van der Waals surface area contributed by atoms with Crippen LogP contribution in [0.15, 0.2) is 30.3 Å². The van der Waals surface area contributed by atoms with Gasteiger partial charge in [0.25, 0.3) is 5.69 Å². The monoisotopic (exact) mass is 369 g/mol. The highest BCUT2D eigenvalue weighted by atomic mass is 35.5. The van der Waals surface area contributed by atoms with Crippen LogP contribution in [0.25, 0.3) is 11.1 Å². The molecule has 0 aliphatic heterocycles. The van der Waals surface area contributed by atoms with Crippen LogP contribution in [0.4, 0.5) is 18.9 Å². The van der Waals surface area contributed by atoms with E-state index in [1.165, 1.54) is 12.1 Å². The minimum absolute atomic E-state index is 0.0179. The Morgan fingerprint density at radius 1 is 1.00 bits per heavy atom. The van der Waals surface area contributed by atoms with Crippen LogP contribution in [-0.2, 0) is 6.18 Å². The number of alkyl halides is 3. The van der Waals surface area contributed by atoms with Gasteiger partial charge in [0.1, 0.15) is 0 Å². The van der Waals surface area contributed by atoms with Gasteiger partial charge in [-0.3, -0.25) is 10.1 Å². The Morgan fingerprint density at radius 3 is 2.18 bits per heavy atom. The zero-order chi connectivity index (χ0) is 16.7. The van der Waals surface area contributed by atoms with Crippen molar-refractivity contribution < 1.29 is 18.1 Å². The maximum Gasteiger partial charge on any atom is 0.417 e. The molecule has 9 heteroatoms. The predicted octanol–water partition coefficient (Wildman–Crippen LogP) is 6.24. The van der Waals surface area contributed by atoms with Crippen molar-refractivity contribution in [2.45, 2.75) is 6.18 Å². The van der Waals surface area contributed by atoms with Crippen molar-refractivity contribution >= 4 is 40.5 Å². The zero-order valence-electron chi connectivity index (χ0n) is 10.4. The average molecular weight is 371 g/mol. The number of non-ortho nitro benzene ring substituents is 1. The van der Waals surface area contributed by atoms with Crippen LogP contribution in [0.1, 0.15) is 5.56 Å². The van der Waals surface area contributed by atoms with Gasteiger partial charge in [-0.25, -0.2) is 0 Å². The smallest absolute Gasteiger partial charge is 0.258 e. The van der Waals surface area contributed by atoms with Gasteiger partial charge >= 0.3 is 6.18 Å². The second-order valence-corrected chi connectivity index (χ2v) is 5.46. The summed E-state index contributed by atoms with van der Waals surface area (Å²) >= 11 is 17.5. The molecule has 0 bridgehead atoms. The molecule has 0 amide bonds. The minimum atomic E-state index is -4.81. The van der Waals surface area contributed by atoms with Crippen molar-refractivity contribution in [1.82, 2.24) is 0 Å². The third-order valence-corrected chi connectivity index (χ3v) is 3.82. The Balaban J connectivity index is 2.78. The van der Waals surface area contributed by atoms with E-state index in [0.29, 0.717) is 6.07 Å². The molecule has 0 aromatic heterocycles. The van der Waals surface area contributed by atoms with Gasteiger partial charge in [0.15, 0.2) is 0 Å². The van der Waals surface area contributed by atoms with Gasteiger partial charge in [0.05, 0.1) is 20.5 Å². The summed E-state index contributed by atoms with van der Waals surface area (Å²) in [5.74, 6) is 0. The largest absolute Gasteiger partial charge is 0.417 e. The molecule has 0 spiro atoms. The Hall–Kier alpha value is -1.50. The van der Waals surface area contributed by atoms with Gasteiger partial charge in [-0.15, -0.1) is 0 Å². The lowest BCUT2D eigenvalue weighted by atomic mass is 9.98. The van der Waals surface area contributed by atoms with Crippen molar-refractivity contribution in [3.63, 3.8) is 0 Å². The molecule has 0 atom stereocenters. The van der Waals surface area contributed by atoms with Crippen LogP contribution in [0, 0.1) is 10.1 Å². The van der Waals surface area contributed by atoms with E-state index in [9.17, 15) is 23.3 Å². The number of benzene rings is 2. The van der Waals surface area contributed by atoms with Crippen LogP contribution >= 0.6 is 34.8 Å². The van der Waals surface area contributed by atoms with Crippen LogP contribution in [0.5, 0.6) is 0 Å². The van der Waals surface area contributed by atoms with Crippen molar-refractivity contribution in [3.05, 3.63) is 61.1 Å². The summed E-state index contributed by atoms with van der Waals surface area (Å²) in [6.07, 6.45) is -4.81. The van der Waals surface area contributed by atoms with E-state index < -0.39 is 22.4 Å². The molecule has 0 fully saturated rings. The number of rotatable bonds is 2. The molecule has 116 valence electrons. The van der Waals surface area contributed by atoms with Gasteiger partial charge < -0.3 is 0 Å². The first-order valence-corrected chi connectivity index (χ1v) is 6.75. The van der Waals surface area contributed by atoms with Gasteiger partial charge in [-0.2, -0.15) is 13.2 Å². The topological polar surface area (TPSA) is 43.1 Å². The van der Waals surface area contributed by atoms with Gasteiger partial charge in [0, 0.05) is 22.7 Å². The molecule has 22 heavy (non-hydrogen) atoms. The van der Waals surface area contributed by atoms with Crippen LogP contribution in [-0.4, -0.2) is 4.92 Å². The first-order valence-electron chi connectivity index (χ1n) is 5.62. The first kappa shape index (κ1) is 16.9. The van der Waals surface area contributed by atoms with Gasteiger partial charge in [-0.1, -0.05) is 34.8 Å². The summed E-state index contributed by atoms with van der Waals surface area (Å²) in [4.78, 5) is 9.76. The lowest BCUT2D eigenvalue weighted by molar-refractivity contribution is -0.385. The zero-order valence-corrected chi connectivity index (χ0v) is 12.7. The maximum atomic E-state index is 13.2. The summed E-state index contributed by atoms with van der Waals surface area (Å²) in [7, 11) is 0. The molecule has 2 aromatic carbocycles. The molecule has 0 radical (unpaired) electrons. The number of halogens is 6. The van der Waals surface area contributed by atoms with E-state index in [2.05, 4.69) is 0 Å². The molecule has 2 aromatic rings. The predicted molar refractivity (Wildman–Crippen MR) is 78.6 cm³/mol. The number of nitro benzene ring substituents is 1. The molecule has 0 heterocycles. The van der Waals surface area contributed by atoms with E-state index >= 15 is 0 Å². The SMILES string of the molecule is O=[N+]([O-])c1ccc(-c2cc(Cl)cc(Cl)c2Cl)c(C(F)(F)F)c1. The van der Waals surface area contributed by atoms with Crippen molar-refractivity contribution in [3.8, 4) is 11.1 Å². The fourth-order valence-corrected chi connectivity index (χ4v) is 2.57. The van der Waals surface area contributed by atoms with Crippen molar-refractivity contribution in [1.29, 1.82) is 0 Å². The fraction of sp³-hybridized carbons (Fsp3) is 0.0769. The fourth-order valence-electron chi connectivity index (χ4n) is 1.87. The molecular formula is C13H5Cl3F3NO2. The standard InChI is InChI=1S/C13H5Cl3F3NO2/c14-6-3-9(12(16)11(15)4-6)8-2-1-7(20(21)22)5-10(8)13(17,18)19/h1-5H. The van der Waals surface area contributed by atoms with Crippen LogP contribution in [0.3, 0.4) is 0 Å². The molecule has 0 N–H and O–H groups in total. The van der Waals surface area contributed by atoms with E-state index in [0.717, 1.165) is 12.1 Å². The Bertz CT molecular complexity index is 763. The highest BCUT2D eigenvalue weighted by molar-refractivity contribution is 6.45. The molecule has 0 aliphatic carbocycles. The Labute approximate surface area is 137 Å². The highest BCUT2D eigenvalue weighted by Gasteiger charge is 2.36. The Kier molecular flexibility index (Phi) is 4.56. The number of hydrogen-bond acceptors (Lipinski definition) is 2. The number of hydrogen-bond donors (Lipinski definition) is 0. The molecule has 0 aliphatic rings. The van der Waals surface area contributed by atoms with Crippen LogP contribution in [0.2, 0.25) is 15.1 Å². The summed E-state index contributed by atoms with van der Waals surface area (Å²) in [6, 6.07) is 4.87. The van der Waals surface area contributed by atoms with Gasteiger partial charge in [-0.05, 0) is 23.8 Å². The van der Waals surface area contributed by atoms with Gasteiger partial charge in [0.2, 0.25) is 0 Å². The van der Waals surface area contributed by atoms with E-state index in [4.69, 9.17) is 34.8 Å². The summed E-state index contributed by atoms with van der Waals surface area (Å²) in [5.41, 5.74) is -2.27. The molecule has 0 saturated heterocycles. The summed E-state index contributed by atoms with van der Waals surface area (Å²) in [5, 5.41) is 10.6. The third-order valence-electron chi connectivity index (χ3n) is 2.80. The average Bonchev–Trinajstić information content (AvgIpc) is 2.41. The Morgan fingerprint density at radius 2 is 1.64 bits per heavy atom. The third kappa shape index (κ3) is 3.29. The van der Waals surface area contributed by atoms with E-state index in [-0.39, 0.29) is 26.2 Å². The van der Waals surface area contributed by atoms with Crippen molar-refractivity contribution in [2.24, 2.45) is 0 Å². The van der Waals surface area contributed by atoms with E-state index in [1.54, 1.807) is 0 Å². The lowest BCUT2D eigenvalue weighted by Gasteiger charge is -2.14. The van der Waals surface area contributed by atoms with Crippen LogP contribution < -0.4 is 0 Å². The maximum absolute atomic E-state index is 13.2. The highest BCUT2D eigenvalue weighted by Crippen LogP contribution is 2.43. The molecular weight excluding hydrogens is 366 g/mol. The molecule has 0 unspecified atom stereocenters. The quantitative estimate of drug-likeness (QED) is 0.357. The minimum Gasteiger partial charge on any atom is -0.258 e. The second kappa shape index (κ2) is 5.95. The molecule has 3 nitrogen and oxygen atoms in total. The summed E-state index contributed by atoms with van der Waals surface area (Å²) in [6.45, 7) is 0. The molecule has 0 saturated carbocycles. The second-order valence-electron chi connectivity index (χ2n) is 4.23. The number of nitro groups is 1. The lowest BCUT2D eigenvalue weighted by Crippen LogP contribution is -2.08. The number of nitrogens with zero attached hydrogens (tertiary/aromatic N) is 1.